The predicted molar refractivity (Wildman–Crippen MR) is 122 cm³/mol. The second-order valence-electron chi connectivity index (χ2n) is 7.57. The van der Waals surface area contributed by atoms with Gasteiger partial charge >= 0.3 is 0 Å². The highest BCUT2D eigenvalue weighted by atomic mass is 127. The van der Waals surface area contributed by atoms with Gasteiger partial charge in [-0.3, -0.25) is 4.79 Å². The third kappa shape index (κ3) is 4.90. The Morgan fingerprint density at radius 2 is 2.00 bits per heavy atom. The molecule has 4 rings (SSSR count). The number of benzene rings is 1. The summed E-state index contributed by atoms with van der Waals surface area (Å²) in [6.07, 6.45) is 9.91. The van der Waals surface area contributed by atoms with Gasteiger partial charge < -0.3 is 20.8 Å². The number of nitrogens with one attached hydrogen (secondary N) is 2. The fourth-order valence-electron chi connectivity index (χ4n) is 3.80. The molecule has 0 unspecified atom stereocenters. The first kappa shape index (κ1) is 20.2. The van der Waals surface area contributed by atoms with E-state index in [2.05, 4.69) is 37.9 Å². The smallest absolute Gasteiger partial charge is 0.237 e. The van der Waals surface area contributed by atoms with Crippen LogP contribution in [0.2, 0.25) is 0 Å². The Hall–Kier alpha value is -2.13. The second kappa shape index (κ2) is 9.13. The van der Waals surface area contributed by atoms with E-state index in [0.29, 0.717) is 6.42 Å². The van der Waals surface area contributed by atoms with E-state index in [1.165, 1.54) is 19.3 Å². The van der Waals surface area contributed by atoms with Crippen LogP contribution in [0.25, 0.3) is 11.0 Å². The summed E-state index contributed by atoms with van der Waals surface area (Å²) in [6.45, 7) is 0. The molecule has 152 valence electrons. The van der Waals surface area contributed by atoms with Crippen molar-refractivity contribution in [2.75, 3.05) is 0 Å². The van der Waals surface area contributed by atoms with E-state index in [4.69, 9.17) is 10.5 Å². The van der Waals surface area contributed by atoms with E-state index in [9.17, 15) is 4.79 Å². The summed E-state index contributed by atoms with van der Waals surface area (Å²) in [5.41, 5.74) is 7.96. The SMILES string of the molecule is N[C@@H](Cc1ccc(Oc2ccnc3[nH]cc(I)c23)cc1)C(=O)NC1CCCCC1. The van der Waals surface area contributed by atoms with E-state index >= 15 is 0 Å². The molecule has 29 heavy (non-hydrogen) atoms. The Labute approximate surface area is 183 Å². The normalized spacial score (nSPS) is 15.9. The molecule has 0 spiro atoms. The molecule has 0 bridgehead atoms. The number of halogens is 1. The van der Waals surface area contributed by atoms with E-state index in [1.54, 1.807) is 6.20 Å². The number of carbonyl (C=O) groups excluding carboxylic acids is 1. The highest BCUT2D eigenvalue weighted by Gasteiger charge is 2.20. The van der Waals surface area contributed by atoms with E-state index < -0.39 is 6.04 Å². The fraction of sp³-hybridized carbons (Fsp3) is 0.364. The molecule has 1 fully saturated rings. The molecule has 2 heterocycles. The molecular weight excluding hydrogens is 479 g/mol. The van der Waals surface area contributed by atoms with Gasteiger partial charge in [0, 0.05) is 22.0 Å². The number of aromatic amines is 1. The second-order valence-corrected chi connectivity index (χ2v) is 8.73. The molecule has 1 saturated carbocycles. The van der Waals surface area contributed by atoms with Gasteiger partial charge in [0.15, 0.2) is 0 Å². The summed E-state index contributed by atoms with van der Waals surface area (Å²) in [4.78, 5) is 19.8. The minimum Gasteiger partial charge on any atom is -0.457 e. The summed E-state index contributed by atoms with van der Waals surface area (Å²) in [5.74, 6) is 1.44. The van der Waals surface area contributed by atoms with Crippen LogP contribution in [0, 0.1) is 3.57 Å². The third-order valence-electron chi connectivity index (χ3n) is 5.38. The van der Waals surface area contributed by atoms with Crippen LogP contribution in [0.5, 0.6) is 11.5 Å². The number of carbonyl (C=O) groups is 1. The Bertz CT molecular complexity index is 980. The molecule has 0 aliphatic heterocycles. The first-order valence-electron chi connectivity index (χ1n) is 10.0. The number of nitrogens with zero attached hydrogens (tertiary/aromatic N) is 1. The molecule has 7 heteroatoms. The van der Waals surface area contributed by atoms with Crippen molar-refractivity contribution in [3.63, 3.8) is 0 Å². The van der Waals surface area contributed by atoms with Crippen LogP contribution in [0.4, 0.5) is 0 Å². The lowest BCUT2D eigenvalue weighted by molar-refractivity contribution is -0.123. The van der Waals surface area contributed by atoms with Crippen LogP contribution in [0.3, 0.4) is 0 Å². The summed E-state index contributed by atoms with van der Waals surface area (Å²) in [7, 11) is 0. The standard InChI is InChI=1S/C22H25IN4O2/c23-17-13-26-21-20(17)19(10-11-25-21)29-16-8-6-14(7-9-16)12-18(24)22(28)27-15-4-2-1-3-5-15/h6-11,13,15,18H,1-5,12,24H2,(H,25,26)(H,27,28)/t18-/m0/s1. The van der Waals surface area contributed by atoms with Crippen molar-refractivity contribution in [1.29, 1.82) is 0 Å². The zero-order valence-electron chi connectivity index (χ0n) is 16.2. The van der Waals surface area contributed by atoms with Crippen molar-refractivity contribution < 1.29 is 9.53 Å². The van der Waals surface area contributed by atoms with Crippen molar-refractivity contribution >= 4 is 39.5 Å². The number of aromatic nitrogens is 2. The van der Waals surface area contributed by atoms with Gasteiger partial charge in [0.25, 0.3) is 0 Å². The van der Waals surface area contributed by atoms with Crippen molar-refractivity contribution in [3.05, 3.63) is 51.9 Å². The van der Waals surface area contributed by atoms with Gasteiger partial charge in [-0.05, 0) is 65.6 Å². The minimum atomic E-state index is -0.537. The van der Waals surface area contributed by atoms with Gasteiger partial charge in [0.05, 0.1) is 11.4 Å². The number of hydrogen-bond donors (Lipinski definition) is 3. The molecule has 2 aromatic heterocycles. The minimum absolute atomic E-state index is 0.0570. The summed E-state index contributed by atoms with van der Waals surface area (Å²) >= 11 is 2.26. The molecule has 6 nitrogen and oxygen atoms in total. The van der Waals surface area contributed by atoms with Gasteiger partial charge in [-0.2, -0.15) is 0 Å². The van der Waals surface area contributed by atoms with Gasteiger partial charge in [-0.25, -0.2) is 4.98 Å². The molecule has 3 aromatic rings. The Kier molecular flexibility index (Phi) is 6.34. The topological polar surface area (TPSA) is 93.0 Å². The summed E-state index contributed by atoms with van der Waals surface area (Å²) in [5, 5.41) is 4.08. The van der Waals surface area contributed by atoms with Crippen LogP contribution in [0.1, 0.15) is 37.7 Å². The first-order valence-corrected chi connectivity index (χ1v) is 11.1. The van der Waals surface area contributed by atoms with Crippen LogP contribution in [0.15, 0.2) is 42.7 Å². The fourth-order valence-corrected chi connectivity index (χ4v) is 4.47. The Morgan fingerprint density at radius 1 is 1.24 bits per heavy atom. The molecule has 1 amide bonds. The number of H-pyrrole nitrogens is 1. The van der Waals surface area contributed by atoms with E-state index in [-0.39, 0.29) is 11.9 Å². The highest BCUT2D eigenvalue weighted by molar-refractivity contribution is 14.1. The van der Waals surface area contributed by atoms with Crippen LogP contribution < -0.4 is 15.8 Å². The third-order valence-corrected chi connectivity index (χ3v) is 6.23. The molecular formula is C22H25IN4O2. The summed E-state index contributed by atoms with van der Waals surface area (Å²) in [6, 6.07) is 9.35. The quantitative estimate of drug-likeness (QED) is 0.437. The Balaban J connectivity index is 1.37. The average Bonchev–Trinajstić information content (AvgIpc) is 3.12. The molecule has 1 aliphatic carbocycles. The lowest BCUT2D eigenvalue weighted by Crippen LogP contribution is -2.46. The molecule has 1 aliphatic rings. The van der Waals surface area contributed by atoms with Crippen LogP contribution in [-0.2, 0) is 11.2 Å². The maximum atomic E-state index is 12.4. The molecule has 4 N–H and O–H groups in total. The predicted octanol–water partition coefficient (Wildman–Crippen LogP) is 4.28. The van der Waals surface area contributed by atoms with Crippen LogP contribution in [-0.4, -0.2) is 28.0 Å². The largest absolute Gasteiger partial charge is 0.457 e. The zero-order chi connectivity index (χ0) is 20.2. The maximum absolute atomic E-state index is 12.4. The maximum Gasteiger partial charge on any atom is 0.237 e. The van der Waals surface area contributed by atoms with Gasteiger partial charge in [-0.15, -0.1) is 0 Å². The monoisotopic (exact) mass is 504 g/mol. The first-order chi connectivity index (χ1) is 14.1. The highest BCUT2D eigenvalue weighted by Crippen LogP contribution is 2.32. The number of nitrogens with two attached hydrogens (primary N) is 1. The molecule has 1 aromatic carbocycles. The lowest BCUT2D eigenvalue weighted by atomic mass is 9.95. The number of pyridine rings is 1. The van der Waals surface area contributed by atoms with Crippen molar-refractivity contribution in [2.45, 2.75) is 50.6 Å². The zero-order valence-corrected chi connectivity index (χ0v) is 18.3. The molecule has 0 saturated heterocycles. The number of amides is 1. The number of rotatable bonds is 6. The van der Waals surface area contributed by atoms with Crippen molar-refractivity contribution in [2.24, 2.45) is 5.73 Å². The van der Waals surface area contributed by atoms with Gasteiger partial charge in [0.2, 0.25) is 5.91 Å². The van der Waals surface area contributed by atoms with Crippen LogP contribution >= 0.6 is 22.6 Å². The number of hydrogen-bond acceptors (Lipinski definition) is 4. The molecule has 1 atom stereocenters. The average molecular weight is 504 g/mol. The van der Waals surface area contributed by atoms with Gasteiger partial charge in [-0.1, -0.05) is 31.4 Å². The summed E-state index contributed by atoms with van der Waals surface area (Å²) < 4.78 is 7.13. The van der Waals surface area contributed by atoms with E-state index in [0.717, 1.165) is 44.5 Å². The number of ether oxygens (including phenoxy) is 1. The Morgan fingerprint density at radius 3 is 2.76 bits per heavy atom. The molecule has 0 radical (unpaired) electrons. The lowest BCUT2D eigenvalue weighted by Gasteiger charge is -2.24. The van der Waals surface area contributed by atoms with Crippen molar-refractivity contribution in [1.82, 2.24) is 15.3 Å². The van der Waals surface area contributed by atoms with Crippen molar-refractivity contribution in [3.8, 4) is 11.5 Å². The van der Waals surface area contributed by atoms with E-state index in [1.807, 2.05) is 36.5 Å². The number of fused-ring (bicyclic) bond motifs is 1. The van der Waals surface area contributed by atoms with Gasteiger partial charge in [0.1, 0.15) is 17.1 Å².